The predicted molar refractivity (Wildman–Crippen MR) is 185 cm³/mol. The lowest BCUT2D eigenvalue weighted by molar-refractivity contribution is 0.624. The van der Waals surface area contributed by atoms with Crippen molar-refractivity contribution in [2.24, 2.45) is 7.05 Å². The zero-order valence-electron chi connectivity index (χ0n) is 26.9. The van der Waals surface area contributed by atoms with Gasteiger partial charge in [0.15, 0.2) is 0 Å². The summed E-state index contributed by atoms with van der Waals surface area (Å²) in [5, 5.41) is 7.25. The van der Waals surface area contributed by atoms with Crippen LogP contribution in [0, 0.1) is 12.7 Å². The molecule has 1 aromatic carbocycles. The van der Waals surface area contributed by atoms with Gasteiger partial charge in [-0.05, 0) is 79.1 Å². The van der Waals surface area contributed by atoms with E-state index in [1.165, 1.54) is 6.07 Å². The number of nitrogens with one attached hydrogen (secondary N) is 3. The Morgan fingerprint density at radius 2 is 1.67 bits per heavy atom. The third kappa shape index (κ3) is 8.87. The van der Waals surface area contributed by atoms with E-state index < -0.39 is 0 Å². The van der Waals surface area contributed by atoms with Crippen LogP contribution in [0.15, 0.2) is 106 Å². The van der Waals surface area contributed by atoms with Crippen molar-refractivity contribution in [2.75, 3.05) is 14.1 Å². The van der Waals surface area contributed by atoms with Crippen molar-refractivity contribution in [3.8, 4) is 11.1 Å². The van der Waals surface area contributed by atoms with Gasteiger partial charge in [-0.1, -0.05) is 33.1 Å². The van der Waals surface area contributed by atoms with Crippen LogP contribution in [-0.4, -0.2) is 33.6 Å². The van der Waals surface area contributed by atoms with Crippen molar-refractivity contribution in [1.29, 1.82) is 0 Å². The molecule has 0 aliphatic carbocycles. The van der Waals surface area contributed by atoms with Gasteiger partial charge in [0.2, 0.25) is 0 Å². The number of hydrogen-bond acceptors (Lipinski definition) is 4. The first-order chi connectivity index (χ1) is 20.7. The van der Waals surface area contributed by atoms with E-state index in [1.807, 2.05) is 72.4 Å². The highest BCUT2D eigenvalue weighted by Crippen LogP contribution is 2.33. The summed E-state index contributed by atoms with van der Waals surface area (Å²) in [6, 6.07) is 7.08. The minimum Gasteiger partial charge on any atom is -0.388 e. The standard InChI is InChI=1S/C30H33FN6.C2H6.2C2H4/c1-18(30-17-35-21(4)37(30)7)8-9-27(33-6)19(2)20(3)28-13-25-26(15-34-16-29(25)36-28)23-10-22(14-32-5)11-24(31)12-23;3*1-2/h8-13,15-17,32-33,36H,2-3,14H2,1,4-7H3;1-2H3;2*1-2H2/b18-8+,27-9+;;;. The summed E-state index contributed by atoms with van der Waals surface area (Å²) in [5.74, 6) is 0.684. The molecule has 0 saturated heterocycles. The lowest BCUT2D eigenvalue weighted by Crippen LogP contribution is -2.08. The number of imidazole rings is 1. The van der Waals surface area contributed by atoms with Gasteiger partial charge < -0.3 is 20.2 Å². The number of hydrogen-bond donors (Lipinski definition) is 3. The first-order valence-electron chi connectivity index (χ1n) is 14.1. The summed E-state index contributed by atoms with van der Waals surface area (Å²) in [6.45, 7) is 29.2. The van der Waals surface area contributed by atoms with Gasteiger partial charge in [-0.2, -0.15) is 0 Å². The van der Waals surface area contributed by atoms with Crippen LogP contribution in [0.1, 0.15) is 43.5 Å². The van der Waals surface area contributed by atoms with E-state index in [-0.39, 0.29) is 5.82 Å². The molecule has 0 spiro atoms. The highest BCUT2D eigenvalue weighted by molar-refractivity contribution is 5.98. The minimum atomic E-state index is -0.276. The molecule has 7 heteroatoms. The van der Waals surface area contributed by atoms with Crippen molar-refractivity contribution in [2.45, 2.75) is 34.2 Å². The number of aromatic amines is 1. The molecule has 3 N–H and O–H groups in total. The molecule has 0 fully saturated rings. The highest BCUT2D eigenvalue weighted by atomic mass is 19.1. The number of likely N-dealkylation sites (N-methyl/N-ethyl adjacent to an activating group) is 1. The Bertz CT molecular complexity index is 1580. The van der Waals surface area contributed by atoms with E-state index >= 15 is 0 Å². The van der Waals surface area contributed by atoms with E-state index in [0.29, 0.717) is 6.54 Å². The molecule has 0 bridgehead atoms. The second-order valence-electron chi connectivity index (χ2n) is 9.10. The van der Waals surface area contributed by atoms with Crippen molar-refractivity contribution in [3.05, 3.63) is 134 Å². The van der Waals surface area contributed by atoms with E-state index in [4.69, 9.17) is 0 Å². The molecule has 228 valence electrons. The maximum absolute atomic E-state index is 14.4. The smallest absolute Gasteiger partial charge is 0.124 e. The van der Waals surface area contributed by atoms with Gasteiger partial charge in [-0.15, -0.1) is 26.3 Å². The molecule has 0 radical (unpaired) electrons. The highest BCUT2D eigenvalue weighted by Gasteiger charge is 2.14. The van der Waals surface area contributed by atoms with Gasteiger partial charge in [-0.3, -0.25) is 4.98 Å². The number of H-pyrrole nitrogens is 1. The van der Waals surface area contributed by atoms with Crippen LogP contribution in [0.2, 0.25) is 0 Å². The normalized spacial score (nSPS) is 10.9. The number of aryl methyl sites for hydroxylation is 1. The summed E-state index contributed by atoms with van der Waals surface area (Å²) in [5.41, 5.74) is 8.67. The molecule has 0 atom stereocenters. The molecule has 3 aromatic heterocycles. The molecular formula is C36H47FN6. The molecule has 3 heterocycles. The Morgan fingerprint density at radius 3 is 2.26 bits per heavy atom. The topological polar surface area (TPSA) is 70.6 Å². The molecule has 0 saturated carbocycles. The van der Waals surface area contributed by atoms with Gasteiger partial charge >= 0.3 is 0 Å². The first-order valence-corrected chi connectivity index (χ1v) is 14.1. The Kier molecular flexibility index (Phi) is 15.1. The summed E-state index contributed by atoms with van der Waals surface area (Å²) >= 11 is 0. The van der Waals surface area contributed by atoms with Crippen LogP contribution < -0.4 is 10.6 Å². The summed E-state index contributed by atoms with van der Waals surface area (Å²) in [7, 11) is 5.71. The fourth-order valence-electron chi connectivity index (χ4n) is 4.38. The molecule has 0 amide bonds. The average Bonchev–Trinajstić information content (AvgIpc) is 3.62. The zero-order valence-corrected chi connectivity index (χ0v) is 26.9. The van der Waals surface area contributed by atoms with E-state index in [2.05, 4.69) is 76.5 Å². The van der Waals surface area contributed by atoms with Crippen molar-refractivity contribution < 1.29 is 4.39 Å². The van der Waals surface area contributed by atoms with E-state index in [1.54, 1.807) is 18.5 Å². The third-order valence-corrected chi connectivity index (χ3v) is 6.60. The van der Waals surface area contributed by atoms with Gasteiger partial charge in [0.05, 0.1) is 23.6 Å². The van der Waals surface area contributed by atoms with Crippen LogP contribution in [0.4, 0.5) is 4.39 Å². The molecular weight excluding hydrogens is 535 g/mol. The van der Waals surface area contributed by atoms with Crippen LogP contribution >= 0.6 is 0 Å². The molecule has 0 aliphatic rings. The Labute approximate surface area is 257 Å². The zero-order chi connectivity index (χ0) is 32.7. The molecule has 6 nitrogen and oxygen atoms in total. The fourth-order valence-corrected chi connectivity index (χ4v) is 4.38. The molecule has 0 unspecified atom stereocenters. The molecule has 0 aliphatic heterocycles. The van der Waals surface area contributed by atoms with Crippen LogP contribution in [0.25, 0.3) is 33.2 Å². The SMILES string of the molecule is C=C.C=C.C=C(C(=C)c1cc2c(-c3cc(F)cc(CNC)c3)cncc2[nH]1)/C(=C\C=C(/C)c1cnc(C)n1C)NC.CC. The number of aromatic nitrogens is 4. The van der Waals surface area contributed by atoms with Crippen LogP contribution in [0.3, 0.4) is 0 Å². The largest absolute Gasteiger partial charge is 0.388 e. The fraction of sp³-hybridized carbons (Fsp3) is 0.222. The minimum absolute atomic E-state index is 0.276. The van der Waals surface area contributed by atoms with Gasteiger partial charge in [0, 0.05) is 49.2 Å². The van der Waals surface area contributed by atoms with Crippen molar-refractivity contribution >= 4 is 22.0 Å². The number of allylic oxidation sites excluding steroid dienone is 4. The molecule has 43 heavy (non-hydrogen) atoms. The van der Waals surface area contributed by atoms with Crippen molar-refractivity contribution in [3.63, 3.8) is 0 Å². The monoisotopic (exact) mass is 582 g/mol. The number of halogens is 1. The second-order valence-corrected chi connectivity index (χ2v) is 9.10. The summed E-state index contributed by atoms with van der Waals surface area (Å²) < 4.78 is 16.4. The van der Waals surface area contributed by atoms with E-state index in [9.17, 15) is 4.39 Å². The average molecular weight is 583 g/mol. The number of rotatable bonds is 9. The second kappa shape index (κ2) is 17.9. The third-order valence-electron chi connectivity index (χ3n) is 6.60. The Morgan fingerprint density at radius 1 is 1.00 bits per heavy atom. The first kappa shape index (κ1) is 36.3. The number of benzene rings is 1. The number of nitrogens with zero attached hydrogens (tertiary/aromatic N) is 3. The molecule has 4 aromatic rings. The Balaban J connectivity index is 0.00000145. The molecule has 4 rings (SSSR count). The van der Waals surface area contributed by atoms with Crippen LogP contribution in [-0.2, 0) is 13.6 Å². The van der Waals surface area contributed by atoms with Gasteiger partial charge in [0.1, 0.15) is 11.6 Å². The van der Waals surface area contributed by atoms with Gasteiger partial charge in [-0.25, -0.2) is 9.37 Å². The van der Waals surface area contributed by atoms with Crippen LogP contribution in [0.5, 0.6) is 0 Å². The summed E-state index contributed by atoms with van der Waals surface area (Å²) in [4.78, 5) is 12.2. The van der Waals surface area contributed by atoms with Gasteiger partial charge in [0.25, 0.3) is 0 Å². The number of pyridine rings is 1. The van der Waals surface area contributed by atoms with Crippen molar-refractivity contribution in [1.82, 2.24) is 30.2 Å². The quantitative estimate of drug-likeness (QED) is 0.137. The lowest BCUT2D eigenvalue weighted by Gasteiger charge is -2.12. The number of fused-ring (bicyclic) bond motifs is 1. The lowest BCUT2D eigenvalue weighted by atomic mass is 9.99. The predicted octanol–water partition coefficient (Wildman–Crippen LogP) is 8.54. The summed E-state index contributed by atoms with van der Waals surface area (Å²) in [6.07, 6.45) is 9.45. The Hall–Kier alpha value is -4.75. The maximum Gasteiger partial charge on any atom is 0.124 e. The maximum atomic E-state index is 14.4. The van der Waals surface area contributed by atoms with E-state index in [0.717, 1.165) is 67.2 Å².